The number of hydrogen-bond acceptors (Lipinski definition) is 3. The fourth-order valence-corrected chi connectivity index (χ4v) is 3.35. The summed E-state index contributed by atoms with van der Waals surface area (Å²) in [6, 6.07) is 4.80. The van der Waals surface area contributed by atoms with E-state index in [-0.39, 0.29) is 24.3 Å². The molecule has 2 fully saturated rings. The summed E-state index contributed by atoms with van der Waals surface area (Å²) in [6.07, 6.45) is -2.86. The van der Waals surface area contributed by atoms with E-state index in [0.29, 0.717) is 26.1 Å². The second-order valence-electron chi connectivity index (χ2n) is 6.44. The van der Waals surface area contributed by atoms with E-state index in [1.54, 1.807) is 4.90 Å². The van der Waals surface area contributed by atoms with Gasteiger partial charge < -0.3 is 14.7 Å². The molecule has 0 unspecified atom stereocenters. The number of benzene rings is 1. The van der Waals surface area contributed by atoms with Gasteiger partial charge in [0.1, 0.15) is 6.10 Å². The monoisotopic (exact) mass is 343 g/mol. The predicted molar refractivity (Wildman–Crippen MR) is 80.1 cm³/mol. The first kappa shape index (κ1) is 17.2. The fourth-order valence-electron chi connectivity index (χ4n) is 3.35. The highest BCUT2D eigenvalue weighted by Crippen LogP contribution is 2.37. The van der Waals surface area contributed by atoms with E-state index in [1.165, 1.54) is 12.1 Å². The number of ether oxygens (including phenoxy) is 1. The minimum Gasteiger partial charge on any atom is -0.385 e. The zero-order valence-electron chi connectivity index (χ0n) is 13.2. The molecule has 1 aromatic rings. The summed E-state index contributed by atoms with van der Waals surface area (Å²) in [7, 11) is 0. The number of aliphatic hydroxyl groups is 1. The molecule has 2 aliphatic rings. The molecular weight excluding hydrogens is 323 g/mol. The van der Waals surface area contributed by atoms with Gasteiger partial charge in [-0.3, -0.25) is 4.79 Å². The fraction of sp³-hybridized carbons (Fsp3) is 0.588. The zero-order valence-corrected chi connectivity index (χ0v) is 13.2. The second kappa shape index (κ2) is 6.37. The molecule has 4 nitrogen and oxygen atoms in total. The van der Waals surface area contributed by atoms with Gasteiger partial charge in [-0.25, -0.2) is 0 Å². The SMILES string of the molecule is O=C([C@H]1CCCO1)N1CCC(O)(c2cccc(C(F)(F)F)c2)CC1. The van der Waals surface area contributed by atoms with Crippen LogP contribution in [0.3, 0.4) is 0 Å². The van der Waals surface area contributed by atoms with Gasteiger partial charge in [0.05, 0.1) is 11.2 Å². The molecule has 0 spiro atoms. The molecule has 0 saturated carbocycles. The van der Waals surface area contributed by atoms with Crippen molar-refractivity contribution in [3.05, 3.63) is 35.4 Å². The van der Waals surface area contributed by atoms with Crippen molar-refractivity contribution < 1.29 is 27.8 Å². The minimum atomic E-state index is -4.44. The van der Waals surface area contributed by atoms with Crippen LogP contribution in [0.25, 0.3) is 0 Å². The Morgan fingerprint density at radius 2 is 2.00 bits per heavy atom. The molecule has 2 heterocycles. The summed E-state index contributed by atoms with van der Waals surface area (Å²) >= 11 is 0. The van der Waals surface area contributed by atoms with Crippen molar-refractivity contribution in [3.8, 4) is 0 Å². The summed E-state index contributed by atoms with van der Waals surface area (Å²) in [5.41, 5.74) is -1.86. The average Bonchev–Trinajstić information content (AvgIpc) is 3.09. The molecule has 1 aromatic carbocycles. The van der Waals surface area contributed by atoms with Gasteiger partial charge in [0.15, 0.2) is 0 Å². The highest BCUT2D eigenvalue weighted by Gasteiger charge is 2.39. The van der Waals surface area contributed by atoms with Gasteiger partial charge in [0.2, 0.25) is 0 Å². The maximum absolute atomic E-state index is 12.9. The van der Waals surface area contributed by atoms with Crippen molar-refractivity contribution in [2.24, 2.45) is 0 Å². The van der Waals surface area contributed by atoms with Gasteiger partial charge in [-0.05, 0) is 43.4 Å². The topological polar surface area (TPSA) is 49.8 Å². The molecule has 0 aromatic heterocycles. The van der Waals surface area contributed by atoms with E-state index in [9.17, 15) is 23.1 Å². The highest BCUT2D eigenvalue weighted by atomic mass is 19.4. The van der Waals surface area contributed by atoms with E-state index < -0.39 is 23.4 Å². The number of nitrogens with zero attached hydrogens (tertiary/aromatic N) is 1. The minimum absolute atomic E-state index is 0.0846. The molecule has 1 atom stereocenters. The summed E-state index contributed by atoms with van der Waals surface area (Å²) in [4.78, 5) is 13.9. The number of carbonyl (C=O) groups is 1. The van der Waals surface area contributed by atoms with Crippen molar-refractivity contribution in [2.45, 2.75) is 43.6 Å². The molecular formula is C17H20F3NO3. The maximum atomic E-state index is 12.9. The molecule has 0 aliphatic carbocycles. The number of carbonyl (C=O) groups excluding carboxylic acids is 1. The first-order chi connectivity index (χ1) is 11.3. The molecule has 1 N–H and O–H groups in total. The average molecular weight is 343 g/mol. The maximum Gasteiger partial charge on any atom is 0.416 e. The lowest BCUT2D eigenvalue weighted by Gasteiger charge is -2.39. The van der Waals surface area contributed by atoms with Gasteiger partial charge >= 0.3 is 6.18 Å². The van der Waals surface area contributed by atoms with Crippen molar-refractivity contribution in [1.82, 2.24) is 4.90 Å². The van der Waals surface area contributed by atoms with Crippen LogP contribution >= 0.6 is 0 Å². The van der Waals surface area contributed by atoms with Gasteiger partial charge in [-0.2, -0.15) is 13.2 Å². The number of rotatable bonds is 2. The third-order valence-corrected chi connectivity index (χ3v) is 4.83. The molecule has 132 valence electrons. The van der Waals surface area contributed by atoms with Crippen molar-refractivity contribution in [1.29, 1.82) is 0 Å². The van der Waals surface area contributed by atoms with Crippen LogP contribution in [-0.4, -0.2) is 41.7 Å². The number of alkyl halides is 3. The first-order valence-electron chi connectivity index (χ1n) is 8.10. The van der Waals surface area contributed by atoms with Gasteiger partial charge in [0, 0.05) is 19.7 Å². The summed E-state index contributed by atoms with van der Waals surface area (Å²) < 4.78 is 43.9. The van der Waals surface area contributed by atoms with Crippen LogP contribution in [0.4, 0.5) is 13.2 Å². The Balaban J connectivity index is 1.69. The molecule has 7 heteroatoms. The number of piperidine rings is 1. The lowest BCUT2D eigenvalue weighted by molar-refractivity contribution is -0.145. The van der Waals surface area contributed by atoms with E-state index in [2.05, 4.69) is 0 Å². The summed E-state index contributed by atoms with van der Waals surface area (Å²) in [5, 5.41) is 10.8. The predicted octanol–water partition coefficient (Wildman–Crippen LogP) is 2.69. The smallest absolute Gasteiger partial charge is 0.385 e. The Morgan fingerprint density at radius 3 is 2.58 bits per heavy atom. The van der Waals surface area contributed by atoms with Crippen LogP contribution in [0, 0.1) is 0 Å². The zero-order chi connectivity index (χ0) is 17.4. The number of amides is 1. The van der Waals surface area contributed by atoms with Crippen molar-refractivity contribution in [3.63, 3.8) is 0 Å². The summed E-state index contributed by atoms with van der Waals surface area (Å²) in [5.74, 6) is -0.0846. The van der Waals surface area contributed by atoms with E-state index in [0.717, 1.165) is 18.6 Å². The Bertz CT molecular complexity index is 603. The lowest BCUT2D eigenvalue weighted by Crippen LogP contribution is -2.48. The lowest BCUT2D eigenvalue weighted by atomic mass is 9.83. The van der Waals surface area contributed by atoms with Crippen LogP contribution in [0.5, 0.6) is 0 Å². The quantitative estimate of drug-likeness (QED) is 0.898. The van der Waals surface area contributed by atoms with Crippen LogP contribution in [-0.2, 0) is 21.3 Å². The molecule has 0 bridgehead atoms. The van der Waals surface area contributed by atoms with Gasteiger partial charge in [-0.1, -0.05) is 12.1 Å². The largest absolute Gasteiger partial charge is 0.416 e. The Hall–Kier alpha value is -1.60. The van der Waals surface area contributed by atoms with Crippen LogP contribution in [0.1, 0.15) is 36.8 Å². The molecule has 24 heavy (non-hydrogen) atoms. The molecule has 3 rings (SSSR count). The second-order valence-corrected chi connectivity index (χ2v) is 6.44. The third-order valence-electron chi connectivity index (χ3n) is 4.83. The first-order valence-corrected chi connectivity index (χ1v) is 8.10. The highest BCUT2D eigenvalue weighted by molar-refractivity contribution is 5.81. The van der Waals surface area contributed by atoms with Crippen molar-refractivity contribution in [2.75, 3.05) is 19.7 Å². The van der Waals surface area contributed by atoms with Crippen LogP contribution in [0.2, 0.25) is 0 Å². The molecule has 1 amide bonds. The Kier molecular flexibility index (Phi) is 4.57. The summed E-state index contributed by atoms with van der Waals surface area (Å²) in [6.45, 7) is 1.20. The molecule has 2 aliphatic heterocycles. The third kappa shape index (κ3) is 3.42. The van der Waals surface area contributed by atoms with E-state index in [4.69, 9.17) is 4.74 Å². The number of likely N-dealkylation sites (tertiary alicyclic amines) is 1. The van der Waals surface area contributed by atoms with Gasteiger partial charge in [0.25, 0.3) is 5.91 Å². The van der Waals surface area contributed by atoms with Crippen LogP contribution < -0.4 is 0 Å². The molecule has 2 saturated heterocycles. The normalized spacial score (nSPS) is 24.2. The standard InChI is InChI=1S/C17H20F3NO3/c18-17(19,20)13-4-1-3-12(11-13)16(23)6-8-21(9-7-16)15(22)14-5-2-10-24-14/h1,3-4,11,14,23H,2,5-10H2/t14-/m1/s1. The number of halogens is 3. The van der Waals surface area contributed by atoms with E-state index in [1.807, 2.05) is 0 Å². The van der Waals surface area contributed by atoms with Gasteiger partial charge in [-0.15, -0.1) is 0 Å². The van der Waals surface area contributed by atoms with E-state index >= 15 is 0 Å². The Labute approximate surface area is 138 Å². The van der Waals surface area contributed by atoms with Crippen molar-refractivity contribution >= 4 is 5.91 Å². The Morgan fingerprint density at radius 1 is 1.29 bits per heavy atom. The number of hydrogen-bond donors (Lipinski definition) is 1. The van der Waals surface area contributed by atoms with Crippen LogP contribution in [0.15, 0.2) is 24.3 Å². The molecule has 0 radical (unpaired) electrons.